The first-order valence-electron chi connectivity index (χ1n) is 7.82. The molecule has 0 amide bonds. The summed E-state index contributed by atoms with van der Waals surface area (Å²) < 4.78 is 2.25. The number of hydrogen-bond donors (Lipinski definition) is 2. The first-order valence-corrected chi connectivity index (χ1v) is 11.8. The Kier molecular flexibility index (Phi) is 10.1. The third kappa shape index (κ3) is 9.07. The number of aromatic nitrogens is 2. The van der Waals surface area contributed by atoms with Gasteiger partial charge in [0.05, 0.1) is 12.4 Å². The fourth-order valence-corrected chi connectivity index (χ4v) is 5.02. The highest BCUT2D eigenvalue weighted by Gasteiger charge is 2.09. The average Bonchev–Trinajstić information content (AvgIpc) is 3.25. The first-order chi connectivity index (χ1) is 12.6. The molecule has 3 N–H and O–H groups in total. The Bertz CT molecular complexity index is 617. The Balaban J connectivity index is 1.59. The van der Waals surface area contributed by atoms with Crippen LogP contribution in [0.5, 0.6) is 0 Å². The molecule has 2 rings (SSSR count). The van der Waals surface area contributed by atoms with Crippen molar-refractivity contribution in [1.29, 1.82) is 0 Å². The van der Waals surface area contributed by atoms with E-state index in [1.807, 2.05) is 0 Å². The van der Waals surface area contributed by atoms with E-state index in [-0.39, 0.29) is 11.5 Å². The summed E-state index contributed by atoms with van der Waals surface area (Å²) >= 11 is 6.53. The molecule has 0 bridgehead atoms. The zero-order valence-corrected chi connectivity index (χ0v) is 17.3. The molecule has 0 aromatic carbocycles. The predicted octanol–water partition coefficient (Wildman–Crippen LogP) is 1.79. The van der Waals surface area contributed by atoms with Gasteiger partial charge in [0.25, 0.3) is 6.54 Å². The van der Waals surface area contributed by atoms with Crippen LogP contribution in [0.2, 0.25) is 0 Å². The fraction of sp³-hybridized carbons (Fsp3) is 0.615. The summed E-state index contributed by atoms with van der Waals surface area (Å²) in [7, 11) is 0. The van der Waals surface area contributed by atoms with Gasteiger partial charge in [-0.25, -0.2) is 4.31 Å². The van der Waals surface area contributed by atoms with Crippen LogP contribution >= 0.6 is 46.8 Å². The number of thioether (sulfide) groups is 2. The molecule has 0 atom stereocenters. The second kappa shape index (κ2) is 12.4. The minimum absolute atomic E-state index is 0.270. The molecule has 2 heterocycles. The SMILES string of the molecule is Nc1nnc(CSCCN=C(C[N+](=O)[O-])NCCSCN2CC=CS2)s1. The van der Waals surface area contributed by atoms with Crippen molar-refractivity contribution < 1.29 is 4.92 Å². The summed E-state index contributed by atoms with van der Waals surface area (Å²) in [4.78, 5) is 14.7. The van der Waals surface area contributed by atoms with E-state index >= 15 is 0 Å². The number of aliphatic imine (C=N–C) groups is 1. The monoisotopic (exact) mass is 435 g/mol. The number of nitrogens with one attached hydrogen (secondary N) is 1. The maximum atomic E-state index is 10.8. The molecule has 1 aliphatic heterocycles. The molecule has 0 radical (unpaired) electrons. The highest BCUT2D eigenvalue weighted by Crippen LogP contribution is 2.20. The summed E-state index contributed by atoms with van der Waals surface area (Å²) in [6.07, 6.45) is 2.13. The van der Waals surface area contributed by atoms with Crippen LogP contribution < -0.4 is 11.1 Å². The van der Waals surface area contributed by atoms with Crippen molar-refractivity contribution in [3.8, 4) is 0 Å². The smallest absolute Gasteiger partial charge is 0.259 e. The van der Waals surface area contributed by atoms with Gasteiger partial charge in [0, 0.05) is 35.3 Å². The van der Waals surface area contributed by atoms with Gasteiger partial charge < -0.3 is 11.1 Å². The van der Waals surface area contributed by atoms with Gasteiger partial charge in [-0.15, -0.1) is 22.0 Å². The summed E-state index contributed by atoms with van der Waals surface area (Å²) in [5.41, 5.74) is 5.53. The number of amidine groups is 1. The van der Waals surface area contributed by atoms with E-state index in [0.717, 1.165) is 34.7 Å². The number of nitrogens with zero attached hydrogens (tertiary/aromatic N) is 5. The van der Waals surface area contributed by atoms with Crippen LogP contribution in [0, 0.1) is 10.1 Å². The van der Waals surface area contributed by atoms with Gasteiger partial charge in [-0.05, 0) is 17.4 Å². The molecule has 144 valence electrons. The molecule has 9 nitrogen and oxygen atoms in total. The van der Waals surface area contributed by atoms with Crippen LogP contribution in [-0.2, 0) is 5.75 Å². The van der Waals surface area contributed by atoms with Crippen molar-refractivity contribution >= 4 is 57.8 Å². The summed E-state index contributed by atoms with van der Waals surface area (Å²) in [6, 6.07) is 0. The molecule has 0 spiro atoms. The number of nitrogen functional groups attached to an aromatic ring is 1. The Morgan fingerprint density at radius 3 is 3.04 bits per heavy atom. The third-order valence-electron chi connectivity index (χ3n) is 2.95. The van der Waals surface area contributed by atoms with Gasteiger partial charge in [-0.3, -0.25) is 15.1 Å². The molecule has 26 heavy (non-hydrogen) atoms. The standard InChI is InChI=1S/C13H21N7O2S4/c14-13-18-17-12(26-13)9-23-6-2-15-11(8-20(21)22)16-3-7-24-10-19-4-1-5-25-19/h1,5H,2-4,6-10H2,(H2,14,18)(H,15,16). The molecule has 0 saturated carbocycles. The lowest BCUT2D eigenvalue weighted by molar-refractivity contribution is -0.463. The quantitative estimate of drug-likeness (QED) is 0.125. The number of anilines is 1. The second-order valence-electron chi connectivity index (χ2n) is 5.01. The highest BCUT2D eigenvalue weighted by atomic mass is 32.2. The van der Waals surface area contributed by atoms with Crippen LogP contribution in [0.25, 0.3) is 0 Å². The van der Waals surface area contributed by atoms with Gasteiger partial charge in [-0.1, -0.05) is 17.4 Å². The predicted molar refractivity (Wildman–Crippen MR) is 113 cm³/mol. The largest absolute Gasteiger partial charge is 0.374 e. The van der Waals surface area contributed by atoms with Crippen molar-refractivity contribution in [3.05, 3.63) is 26.6 Å². The zero-order chi connectivity index (χ0) is 18.6. The third-order valence-corrected chi connectivity index (χ3v) is 6.88. The second-order valence-corrected chi connectivity index (χ2v) is 9.28. The number of nitrogens with two attached hydrogens (primary N) is 1. The minimum Gasteiger partial charge on any atom is -0.374 e. The number of nitro groups is 1. The normalized spacial score (nSPS) is 14.8. The summed E-state index contributed by atoms with van der Waals surface area (Å²) in [5.74, 6) is 3.74. The molecule has 0 aliphatic carbocycles. The van der Waals surface area contributed by atoms with Gasteiger partial charge in [-0.2, -0.15) is 11.8 Å². The van der Waals surface area contributed by atoms with E-state index in [1.54, 1.807) is 35.5 Å². The van der Waals surface area contributed by atoms with Crippen LogP contribution in [-0.4, -0.2) is 68.8 Å². The Morgan fingerprint density at radius 1 is 1.46 bits per heavy atom. The Hall–Kier alpha value is -1.02. The molecule has 0 saturated heterocycles. The van der Waals surface area contributed by atoms with Crippen molar-refractivity contribution in [3.63, 3.8) is 0 Å². The number of hydrogen-bond acceptors (Lipinski definition) is 11. The molecule has 0 unspecified atom stereocenters. The van der Waals surface area contributed by atoms with E-state index in [1.165, 1.54) is 11.3 Å². The Labute approximate surface area is 169 Å². The number of rotatable bonds is 12. The van der Waals surface area contributed by atoms with Crippen LogP contribution in [0.1, 0.15) is 5.01 Å². The van der Waals surface area contributed by atoms with E-state index in [9.17, 15) is 10.1 Å². The van der Waals surface area contributed by atoms with Gasteiger partial charge in [0.15, 0.2) is 5.84 Å². The zero-order valence-electron chi connectivity index (χ0n) is 14.1. The van der Waals surface area contributed by atoms with E-state index in [0.29, 0.717) is 24.1 Å². The van der Waals surface area contributed by atoms with Crippen molar-refractivity contribution in [2.75, 3.05) is 49.3 Å². The van der Waals surface area contributed by atoms with E-state index in [2.05, 4.69) is 36.3 Å². The van der Waals surface area contributed by atoms with Gasteiger partial charge in [0.1, 0.15) is 5.01 Å². The molecule has 1 aliphatic rings. The first kappa shape index (κ1) is 21.3. The average molecular weight is 436 g/mol. The maximum Gasteiger partial charge on any atom is 0.259 e. The van der Waals surface area contributed by atoms with Crippen molar-refractivity contribution in [2.24, 2.45) is 4.99 Å². The van der Waals surface area contributed by atoms with Crippen LogP contribution in [0.3, 0.4) is 0 Å². The maximum absolute atomic E-state index is 10.8. The molecular weight excluding hydrogens is 414 g/mol. The van der Waals surface area contributed by atoms with Crippen LogP contribution in [0.4, 0.5) is 5.13 Å². The van der Waals surface area contributed by atoms with E-state index in [4.69, 9.17) is 5.73 Å². The lowest BCUT2D eigenvalue weighted by Gasteiger charge is -2.12. The van der Waals surface area contributed by atoms with Gasteiger partial charge >= 0.3 is 0 Å². The lowest BCUT2D eigenvalue weighted by Crippen LogP contribution is -2.32. The lowest BCUT2D eigenvalue weighted by atomic mass is 10.5. The summed E-state index contributed by atoms with van der Waals surface area (Å²) in [5, 5.41) is 25.0. The fourth-order valence-electron chi connectivity index (χ4n) is 1.86. The topological polar surface area (TPSA) is 123 Å². The molecule has 13 heteroatoms. The van der Waals surface area contributed by atoms with Crippen molar-refractivity contribution in [2.45, 2.75) is 5.75 Å². The highest BCUT2D eigenvalue weighted by molar-refractivity contribution is 8.02. The van der Waals surface area contributed by atoms with Crippen molar-refractivity contribution in [1.82, 2.24) is 19.8 Å². The van der Waals surface area contributed by atoms with E-state index < -0.39 is 0 Å². The molecule has 1 aromatic heterocycles. The van der Waals surface area contributed by atoms with Crippen LogP contribution in [0.15, 0.2) is 16.5 Å². The Morgan fingerprint density at radius 2 is 2.35 bits per heavy atom. The molecular formula is C13H21N7O2S4. The molecule has 1 aromatic rings. The van der Waals surface area contributed by atoms with Gasteiger partial charge in [0.2, 0.25) is 5.13 Å². The minimum atomic E-state index is -0.358. The summed E-state index contributed by atoms with van der Waals surface area (Å²) in [6.45, 7) is 1.90. The molecule has 0 fully saturated rings.